The molecule has 0 aliphatic heterocycles. The predicted octanol–water partition coefficient (Wildman–Crippen LogP) is 3.79. The van der Waals surface area contributed by atoms with Crippen molar-refractivity contribution in [3.05, 3.63) is 58.9 Å². The summed E-state index contributed by atoms with van der Waals surface area (Å²) in [5, 5.41) is 3.64. The number of halogens is 1. The summed E-state index contributed by atoms with van der Waals surface area (Å²) in [6.07, 6.45) is 2.58. The minimum Gasteiger partial charge on any atom is -0.324 e. The monoisotopic (exact) mass is 286 g/mol. The molecule has 0 radical (unpaired) electrons. The summed E-state index contributed by atoms with van der Waals surface area (Å²) in [5.74, 6) is 0.429. The minimum atomic E-state index is 0.0532. The topological polar surface area (TPSA) is 42.0 Å². The largest absolute Gasteiger partial charge is 0.324 e. The van der Waals surface area contributed by atoms with Gasteiger partial charge in [-0.1, -0.05) is 23.7 Å². The number of carbonyl (C=O) groups excluding carboxylic acids is 1. The Balaban J connectivity index is 1.62. The Labute approximate surface area is 123 Å². The molecule has 3 nitrogen and oxygen atoms in total. The highest BCUT2D eigenvalue weighted by atomic mass is 35.5. The molecule has 102 valence electrons. The molecule has 2 atom stereocenters. The number of anilines is 1. The molecule has 0 saturated heterocycles. The van der Waals surface area contributed by atoms with E-state index in [-0.39, 0.29) is 11.8 Å². The molecule has 0 spiro atoms. The number of aryl methyl sites for hydroxylation is 1. The lowest BCUT2D eigenvalue weighted by molar-refractivity contribution is -0.117. The zero-order valence-corrected chi connectivity index (χ0v) is 11.9. The first kappa shape index (κ1) is 13.1. The van der Waals surface area contributed by atoms with Gasteiger partial charge < -0.3 is 5.32 Å². The van der Waals surface area contributed by atoms with Crippen LogP contribution >= 0.6 is 11.6 Å². The number of hydrogen-bond donors (Lipinski definition) is 1. The van der Waals surface area contributed by atoms with Crippen LogP contribution in [0.1, 0.15) is 23.6 Å². The maximum atomic E-state index is 12.1. The van der Waals surface area contributed by atoms with Gasteiger partial charge in [-0.2, -0.15) is 0 Å². The second-order valence-corrected chi connectivity index (χ2v) is 5.61. The van der Waals surface area contributed by atoms with Gasteiger partial charge in [0.2, 0.25) is 5.91 Å². The molecular formula is C16H15ClN2O. The lowest BCUT2D eigenvalue weighted by Crippen LogP contribution is -2.14. The Morgan fingerprint density at radius 2 is 2.00 bits per heavy atom. The van der Waals surface area contributed by atoms with Gasteiger partial charge in [-0.25, -0.2) is 0 Å². The fourth-order valence-electron chi connectivity index (χ4n) is 2.34. The Hall–Kier alpha value is -1.87. The molecule has 0 bridgehead atoms. The Bertz CT molecular complexity index is 622. The molecule has 4 heteroatoms. The first-order chi connectivity index (χ1) is 9.63. The fraction of sp³-hybridized carbons (Fsp3) is 0.250. The van der Waals surface area contributed by atoms with E-state index in [1.807, 2.05) is 43.3 Å². The van der Waals surface area contributed by atoms with Crippen LogP contribution < -0.4 is 5.32 Å². The zero-order chi connectivity index (χ0) is 14.1. The molecule has 2 aromatic rings. The number of pyridine rings is 1. The van der Waals surface area contributed by atoms with E-state index in [9.17, 15) is 4.79 Å². The van der Waals surface area contributed by atoms with Gasteiger partial charge in [0.1, 0.15) is 0 Å². The number of carbonyl (C=O) groups is 1. The number of nitrogens with one attached hydrogen (secondary N) is 1. The first-order valence-corrected chi connectivity index (χ1v) is 7.00. The van der Waals surface area contributed by atoms with Crippen LogP contribution in [0.15, 0.2) is 42.6 Å². The molecule has 3 rings (SSSR count). The molecule has 20 heavy (non-hydrogen) atoms. The molecule has 1 aliphatic carbocycles. The number of amides is 1. The quantitative estimate of drug-likeness (QED) is 0.933. The van der Waals surface area contributed by atoms with Crippen molar-refractivity contribution >= 4 is 23.2 Å². The van der Waals surface area contributed by atoms with E-state index in [4.69, 9.17) is 11.6 Å². The second kappa shape index (κ2) is 5.25. The summed E-state index contributed by atoms with van der Waals surface area (Å²) >= 11 is 5.87. The molecule has 1 heterocycles. The SMILES string of the molecule is Cc1ccc(NC(=O)C2CC2c2ccc(Cl)cc2)cn1. The van der Waals surface area contributed by atoms with Crippen LogP contribution in [-0.4, -0.2) is 10.9 Å². The van der Waals surface area contributed by atoms with Crippen LogP contribution in [0.5, 0.6) is 0 Å². The van der Waals surface area contributed by atoms with E-state index in [0.717, 1.165) is 22.8 Å². The van der Waals surface area contributed by atoms with Crippen LogP contribution in [0, 0.1) is 12.8 Å². The number of nitrogens with zero attached hydrogens (tertiary/aromatic N) is 1. The number of hydrogen-bond acceptors (Lipinski definition) is 2. The van der Waals surface area contributed by atoms with Crippen molar-refractivity contribution in [1.82, 2.24) is 4.98 Å². The third kappa shape index (κ3) is 2.83. The van der Waals surface area contributed by atoms with Crippen molar-refractivity contribution in [1.29, 1.82) is 0 Å². The van der Waals surface area contributed by atoms with E-state index in [1.54, 1.807) is 6.20 Å². The van der Waals surface area contributed by atoms with Crippen LogP contribution in [0.2, 0.25) is 5.02 Å². The van der Waals surface area contributed by atoms with E-state index in [0.29, 0.717) is 5.92 Å². The molecule has 1 aliphatic rings. The van der Waals surface area contributed by atoms with Crippen molar-refractivity contribution in [2.45, 2.75) is 19.3 Å². The zero-order valence-electron chi connectivity index (χ0n) is 11.1. The van der Waals surface area contributed by atoms with Gasteiger partial charge in [0.05, 0.1) is 11.9 Å². The molecule has 2 unspecified atom stereocenters. The molecule has 1 N–H and O–H groups in total. The Morgan fingerprint density at radius 1 is 1.25 bits per heavy atom. The summed E-state index contributed by atoms with van der Waals surface area (Å²) < 4.78 is 0. The number of aromatic nitrogens is 1. The summed E-state index contributed by atoms with van der Waals surface area (Å²) in [6.45, 7) is 1.92. The van der Waals surface area contributed by atoms with Gasteiger partial charge in [0.15, 0.2) is 0 Å². The average molecular weight is 287 g/mol. The highest BCUT2D eigenvalue weighted by Gasteiger charge is 2.43. The number of benzene rings is 1. The third-order valence-corrected chi connectivity index (χ3v) is 3.86. The van der Waals surface area contributed by atoms with Crippen molar-refractivity contribution in [3.63, 3.8) is 0 Å². The smallest absolute Gasteiger partial charge is 0.228 e. The van der Waals surface area contributed by atoms with Crippen LogP contribution in [-0.2, 0) is 4.79 Å². The Morgan fingerprint density at radius 3 is 2.65 bits per heavy atom. The summed E-state index contributed by atoms with van der Waals surface area (Å²) in [4.78, 5) is 16.3. The minimum absolute atomic E-state index is 0.0532. The van der Waals surface area contributed by atoms with E-state index < -0.39 is 0 Å². The average Bonchev–Trinajstić information content (AvgIpc) is 3.23. The fourth-order valence-corrected chi connectivity index (χ4v) is 2.47. The van der Waals surface area contributed by atoms with Gasteiger partial charge in [0.25, 0.3) is 0 Å². The van der Waals surface area contributed by atoms with Crippen molar-refractivity contribution in [2.24, 2.45) is 5.92 Å². The first-order valence-electron chi connectivity index (χ1n) is 6.62. The van der Waals surface area contributed by atoms with Gasteiger partial charge >= 0.3 is 0 Å². The summed E-state index contributed by atoms with van der Waals surface area (Å²) in [7, 11) is 0. The molecule has 1 aromatic carbocycles. The summed E-state index contributed by atoms with van der Waals surface area (Å²) in [5.41, 5.74) is 2.87. The van der Waals surface area contributed by atoms with Gasteiger partial charge in [-0.15, -0.1) is 0 Å². The van der Waals surface area contributed by atoms with Crippen molar-refractivity contribution < 1.29 is 4.79 Å². The maximum absolute atomic E-state index is 12.1. The van der Waals surface area contributed by atoms with Crippen LogP contribution in [0.3, 0.4) is 0 Å². The van der Waals surface area contributed by atoms with E-state index in [2.05, 4.69) is 10.3 Å². The van der Waals surface area contributed by atoms with Gasteiger partial charge in [-0.3, -0.25) is 9.78 Å². The molecule has 1 fully saturated rings. The predicted molar refractivity (Wildman–Crippen MR) is 79.9 cm³/mol. The molecular weight excluding hydrogens is 272 g/mol. The molecule has 1 saturated carbocycles. The Kier molecular flexibility index (Phi) is 3.45. The standard InChI is InChI=1S/C16H15ClN2O/c1-10-2-7-13(9-18-10)19-16(20)15-8-14(15)11-3-5-12(17)6-4-11/h2-7,9,14-15H,8H2,1H3,(H,19,20). The van der Waals surface area contributed by atoms with Crippen molar-refractivity contribution in [2.75, 3.05) is 5.32 Å². The highest BCUT2D eigenvalue weighted by molar-refractivity contribution is 6.30. The normalized spacial score (nSPS) is 20.5. The highest BCUT2D eigenvalue weighted by Crippen LogP contribution is 2.48. The summed E-state index contributed by atoms with van der Waals surface area (Å²) in [6, 6.07) is 11.5. The van der Waals surface area contributed by atoms with E-state index in [1.165, 1.54) is 5.56 Å². The van der Waals surface area contributed by atoms with Crippen molar-refractivity contribution in [3.8, 4) is 0 Å². The maximum Gasteiger partial charge on any atom is 0.228 e. The third-order valence-electron chi connectivity index (χ3n) is 3.60. The van der Waals surface area contributed by atoms with Crippen LogP contribution in [0.4, 0.5) is 5.69 Å². The van der Waals surface area contributed by atoms with E-state index >= 15 is 0 Å². The lowest BCUT2D eigenvalue weighted by Gasteiger charge is -2.05. The van der Waals surface area contributed by atoms with Crippen LogP contribution in [0.25, 0.3) is 0 Å². The molecule has 1 amide bonds. The number of rotatable bonds is 3. The molecule has 1 aromatic heterocycles. The second-order valence-electron chi connectivity index (χ2n) is 5.18. The van der Waals surface area contributed by atoms with Gasteiger partial charge in [-0.05, 0) is 49.1 Å². The lowest BCUT2D eigenvalue weighted by atomic mass is 10.1. The van der Waals surface area contributed by atoms with Gasteiger partial charge in [0, 0.05) is 16.6 Å².